The van der Waals surface area contributed by atoms with Crippen LogP contribution in [-0.4, -0.2) is 26.7 Å². The van der Waals surface area contributed by atoms with E-state index in [-0.39, 0.29) is 11.6 Å². The van der Waals surface area contributed by atoms with Crippen molar-refractivity contribution in [2.75, 3.05) is 11.1 Å². The molecule has 2 aromatic rings. The highest BCUT2D eigenvalue weighted by Gasteiger charge is 2.16. The minimum Gasteiger partial charge on any atom is -0.478 e. The Balaban J connectivity index is 2.22. The number of nitrogens with zero attached hydrogens (tertiary/aromatic N) is 2. The molecular formula is C13H15ClN4O2. The maximum atomic E-state index is 11.3. The number of aromatic carboxylic acids is 1. The van der Waals surface area contributed by atoms with Crippen molar-refractivity contribution in [3.63, 3.8) is 0 Å². The third kappa shape index (κ3) is 3.21. The van der Waals surface area contributed by atoms with E-state index in [2.05, 4.69) is 10.3 Å². The Morgan fingerprint density at radius 2 is 2.35 bits per heavy atom. The summed E-state index contributed by atoms with van der Waals surface area (Å²) in [6, 6.07) is 2.89. The molecule has 1 aromatic heterocycles. The average molecular weight is 295 g/mol. The van der Waals surface area contributed by atoms with Gasteiger partial charge in [0.15, 0.2) is 0 Å². The second kappa shape index (κ2) is 5.83. The van der Waals surface area contributed by atoms with E-state index in [1.165, 1.54) is 12.1 Å². The molecule has 0 bridgehead atoms. The van der Waals surface area contributed by atoms with Gasteiger partial charge in [-0.15, -0.1) is 0 Å². The number of carboxylic acid groups (broad SMARTS) is 1. The van der Waals surface area contributed by atoms with Crippen LogP contribution >= 0.6 is 11.6 Å². The minimum absolute atomic E-state index is 0.0246. The maximum Gasteiger partial charge on any atom is 0.337 e. The molecule has 0 aliphatic carbocycles. The SMILES string of the molecule is CC(Cn1ccnc1)Nc1c(Cl)cc(N)cc1C(=O)O. The number of hydrogen-bond donors (Lipinski definition) is 3. The van der Waals surface area contributed by atoms with Crippen LogP contribution in [-0.2, 0) is 6.54 Å². The normalized spacial score (nSPS) is 12.1. The van der Waals surface area contributed by atoms with Gasteiger partial charge < -0.3 is 20.7 Å². The first-order chi connectivity index (χ1) is 9.47. The van der Waals surface area contributed by atoms with Gasteiger partial charge in [-0.1, -0.05) is 11.6 Å². The molecule has 4 N–H and O–H groups in total. The Kier molecular flexibility index (Phi) is 4.14. The van der Waals surface area contributed by atoms with Gasteiger partial charge in [-0.3, -0.25) is 0 Å². The van der Waals surface area contributed by atoms with Gasteiger partial charge in [-0.2, -0.15) is 0 Å². The summed E-state index contributed by atoms with van der Waals surface area (Å²) in [7, 11) is 0. The van der Waals surface area contributed by atoms with Crippen molar-refractivity contribution in [2.24, 2.45) is 0 Å². The van der Waals surface area contributed by atoms with Crippen molar-refractivity contribution >= 4 is 28.9 Å². The summed E-state index contributed by atoms with van der Waals surface area (Å²) in [5, 5.41) is 12.6. The molecule has 20 heavy (non-hydrogen) atoms. The zero-order valence-electron chi connectivity index (χ0n) is 10.9. The van der Waals surface area contributed by atoms with Gasteiger partial charge in [0.05, 0.1) is 22.6 Å². The fourth-order valence-corrected chi connectivity index (χ4v) is 2.23. The van der Waals surface area contributed by atoms with Crippen LogP contribution in [0.4, 0.5) is 11.4 Å². The Morgan fingerprint density at radius 3 is 2.95 bits per heavy atom. The number of aromatic nitrogens is 2. The number of nitrogens with two attached hydrogens (primary N) is 1. The molecular weight excluding hydrogens is 280 g/mol. The Hall–Kier alpha value is -2.21. The molecule has 1 heterocycles. The molecule has 6 nitrogen and oxygen atoms in total. The molecule has 0 spiro atoms. The van der Waals surface area contributed by atoms with Gasteiger partial charge in [0.25, 0.3) is 0 Å². The molecule has 1 atom stereocenters. The molecule has 0 amide bonds. The van der Waals surface area contributed by atoms with Crippen LogP contribution in [0, 0.1) is 0 Å². The van der Waals surface area contributed by atoms with Gasteiger partial charge >= 0.3 is 5.97 Å². The molecule has 1 unspecified atom stereocenters. The van der Waals surface area contributed by atoms with Crippen LogP contribution in [0.25, 0.3) is 0 Å². The number of rotatable bonds is 5. The Bertz CT molecular complexity index is 613. The van der Waals surface area contributed by atoms with Crippen molar-refractivity contribution in [3.8, 4) is 0 Å². The lowest BCUT2D eigenvalue weighted by molar-refractivity contribution is 0.0698. The van der Waals surface area contributed by atoms with Crippen LogP contribution in [0.3, 0.4) is 0 Å². The van der Waals surface area contributed by atoms with Crippen molar-refractivity contribution in [3.05, 3.63) is 41.4 Å². The fraction of sp³-hybridized carbons (Fsp3) is 0.231. The van der Waals surface area contributed by atoms with Crippen molar-refractivity contribution in [1.29, 1.82) is 0 Å². The van der Waals surface area contributed by atoms with Crippen molar-refractivity contribution in [1.82, 2.24) is 9.55 Å². The van der Waals surface area contributed by atoms with E-state index in [4.69, 9.17) is 17.3 Å². The Morgan fingerprint density at radius 1 is 1.60 bits per heavy atom. The van der Waals surface area contributed by atoms with E-state index in [0.717, 1.165) is 0 Å². The summed E-state index contributed by atoms with van der Waals surface area (Å²) in [5.74, 6) is -1.07. The lowest BCUT2D eigenvalue weighted by Gasteiger charge is -2.19. The van der Waals surface area contributed by atoms with E-state index in [1.54, 1.807) is 12.5 Å². The third-order valence-electron chi connectivity index (χ3n) is 2.78. The van der Waals surface area contributed by atoms with Crippen LogP contribution in [0.15, 0.2) is 30.9 Å². The smallest absolute Gasteiger partial charge is 0.337 e. The molecule has 0 saturated carbocycles. The third-order valence-corrected chi connectivity index (χ3v) is 3.08. The molecule has 7 heteroatoms. The average Bonchev–Trinajstić information content (AvgIpc) is 2.84. The number of nitrogen functional groups attached to an aromatic ring is 1. The zero-order valence-corrected chi connectivity index (χ0v) is 11.6. The number of carbonyl (C=O) groups is 1. The van der Waals surface area contributed by atoms with Crippen LogP contribution in [0.1, 0.15) is 17.3 Å². The highest BCUT2D eigenvalue weighted by Crippen LogP contribution is 2.30. The summed E-state index contributed by atoms with van der Waals surface area (Å²) >= 11 is 6.08. The first kappa shape index (κ1) is 14.2. The molecule has 0 aliphatic rings. The van der Waals surface area contributed by atoms with Crippen LogP contribution < -0.4 is 11.1 Å². The summed E-state index contributed by atoms with van der Waals surface area (Å²) in [5.41, 5.74) is 6.38. The maximum absolute atomic E-state index is 11.3. The van der Waals surface area contributed by atoms with Gasteiger partial charge in [-0.05, 0) is 19.1 Å². The van der Waals surface area contributed by atoms with Crippen molar-refractivity contribution in [2.45, 2.75) is 19.5 Å². The van der Waals surface area contributed by atoms with E-state index in [0.29, 0.717) is 22.9 Å². The molecule has 0 aliphatic heterocycles. The highest BCUT2D eigenvalue weighted by atomic mass is 35.5. The molecule has 1 aromatic carbocycles. The summed E-state index contributed by atoms with van der Waals surface area (Å²) in [6.07, 6.45) is 5.22. The number of halogens is 1. The quantitative estimate of drug-likeness (QED) is 0.736. The number of hydrogen-bond acceptors (Lipinski definition) is 4. The molecule has 0 fully saturated rings. The fourth-order valence-electron chi connectivity index (χ4n) is 1.95. The van der Waals surface area contributed by atoms with Gasteiger partial charge in [0.2, 0.25) is 0 Å². The van der Waals surface area contributed by atoms with E-state index >= 15 is 0 Å². The lowest BCUT2D eigenvalue weighted by atomic mass is 10.1. The van der Waals surface area contributed by atoms with Crippen LogP contribution in [0.5, 0.6) is 0 Å². The summed E-state index contributed by atoms with van der Waals surface area (Å²) in [6.45, 7) is 2.57. The molecule has 0 saturated heterocycles. The predicted octanol–water partition coefficient (Wildman–Crippen LogP) is 2.32. The second-order valence-electron chi connectivity index (χ2n) is 4.54. The molecule has 0 radical (unpaired) electrons. The Labute approximate surface area is 121 Å². The number of benzene rings is 1. The number of nitrogens with one attached hydrogen (secondary N) is 1. The number of carboxylic acids is 1. The highest BCUT2D eigenvalue weighted by molar-refractivity contribution is 6.34. The molecule has 2 rings (SSSR count). The first-order valence-corrected chi connectivity index (χ1v) is 6.39. The molecule has 106 valence electrons. The van der Waals surface area contributed by atoms with E-state index in [1.807, 2.05) is 17.7 Å². The monoisotopic (exact) mass is 294 g/mol. The van der Waals surface area contributed by atoms with Gasteiger partial charge in [0.1, 0.15) is 0 Å². The minimum atomic E-state index is -1.07. The first-order valence-electron chi connectivity index (χ1n) is 6.02. The number of imidazole rings is 1. The standard InChI is InChI=1S/C13H15ClN4O2/c1-8(6-18-3-2-16-7-18)17-12-10(13(19)20)4-9(15)5-11(12)14/h2-5,7-8,17H,6,15H2,1H3,(H,19,20). The largest absolute Gasteiger partial charge is 0.478 e. The topological polar surface area (TPSA) is 93.2 Å². The number of anilines is 2. The van der Waals surface area contributed by atoms with Crippen LogP contribution in [0.2, 0.25) is 5.02 Å². The van der Waals surface area contributed by atoms with E-state index < -0.39 is 5.97 Å². The van der Waals surface area contributed by atoms with Crippen molar-refractivity contribution < 1.29 is 9.90 Å². The zero-order chi connectivity index (χ0) is 14.7. The van der Waals surface area contributed by atoms with Gasteiger partial charge in [0, 0.05) is 30.7 Å². The summed E-state index contributed by atoms with van der Waals surface area (Å²) < 4.78 is 1.89. The second-order valence-corrected chi connectivity index (χ2v) is 4.94. The summed E-state index contributed by atoms with van der Waals surface area (Å²) in [4.78, 5) is 15.2. The lowest BCUT2D eigenvalue weighted by Crippen LogP contribution is -2.23. The van der Waals surface area contributed by atoms with E-state index in [9.17, 15) is 9.90 Å². The van der Waals surface area contributed by atoms with Gasteiger partial charge in [-0.25, -0.2) is 9.78 Å². The predicted molar refractivity (Wildman–Crippen MR) is 78.1 cm³/mol.